The van der Waals surface area contributed by atoms with E-state index in [1.54, 1.807) is 0 Å². The maximum atomic E-state index is 3.52. The van der Waals surface area contributed by atoms with Crippen molar-refractivity contribution in [1.82, 2.24) is 5.32 Å². The summed E-state index contributed by atoms with van der Waals surface area (Å²) in [6.07, 6.45) is 1.10. The Bertz CT molecular complexity index is 562. The van der Waals surface area contributed by atoms with Crippen LogP contribution in [0.2, 0.25) is 0 Å². The summed E-state index contributed by atoms with van der Waals surface area (Å²) in [6, 6.07) is 17.7. The molecule has 0 saturated heterocycles. The molecule has 0 spiro atoms. The van der Waals surface area contributed by atoms with Crippen molar-refractivity contribution in [2.75, 3.05) is 19.0 Å². The fourth-order valence-electron chi connectivity index (χ4n) is 2.57. The van der Waals surface area contributed by atoms with Crippen LogP contribution in [-0.2, 0) is 6.54 Å². The van der Waals surface area contributed by atoms with Crippen LogP contribution >= 0.6 is 15.9 Å². The van der Waals surface area contributed by atoms with E-state index in [1.807, 2.05) is 7.05 Å². The molecule has 0 saturated carbocycles. The van der Waals surface area contributed by atoms with E-state index < -0.39 is 0 Å². The summed E-state index contributed by atoms with van der Waals surface area (Å²) in [6.45, 7) is 3.11. The van der Waals surface area contributed by atoms with Gasteiger partial charge in [-0.25, -0.2) is 0 Å². The monoisotopic (exact) mass is 346 g/mol. The van der Waals surface area contributed by atoms with Crippen LogP contribution in [0.25, 0.3) is 0 Å². The van der Waals surface area contributed by atoms with Crippen molar-refractivity contribution >= 4 is 21.6 Å². The molecule has 2 rings (SSSR count). The fraction of sp³-hybridized carbons (Fsp3) is 0.333. The van der Waals surface area contributed by atoms with Gasteiger partial charge in [0.25, 0.3) is 0 Å². The van der Waals surface area contributed by atoms with Gasteiger partial charge in [0.05, 0.1) is 0 Å². The number of nitrogens with zero attached hydrogens (tertiary/aromatic N) is 1. The quantitative estimate of drug-likeness (QED) is 0.811. The van der Waals surface area contributed by atoms with Crippen LogP contribution in [0.15, 0.2) is 53.0 Å². The molecule has 2 aromatic rings. The highest BCUT2D eigenvalue weighted by atomic mass is 79.9. The Hall–Kier alpha value is -1.32. The smallest absolute Gasteiger partial charge is 0.0426 e. The number of nitrogens with one attached hydrogen (secondary N) is 1. The molecular weight excluding hydrogens is 324 g/mol. The molecule has 3 heteroatoms. The highest BCUT2D eigenvalue weighted by Gasteiger charge is 2.07. The number of hydrogen-bond acceptors (Lipinski definition) is 2. The van der Waals surface area contributed by atoms with Gasteiger partial charge in [0.1, 0.15) is 0 Å². The lowest BCUT2D eigenvalue weighted by Gasteiger charge is -2.21. The normalized spacial score (nSPS) is 12.2. The third kappa shape index (κ3) is 4.32. The first-order chi connectivity index (χ1) is 10.1. The van der Waals surface area contributed by atoms with Gasteiger partial charge in [-0.2, -0.15) is 0 Å². The molecule has 0 bridgehead atoms. The van der Waals surface area contributed by atoms with Crippen LogP contribution in [0.5, 0.6) is 0 Å². The molecule has 0 aromatic heterocycles. The van der Waals surface area contributed by atoms with Gasteiger partial charge < -0.3 is 10.2 Å². The molecular formula is C18H23BrN2. The van der Waals surface area contributed by atoms with Crippen molar-refractivity contribution in [1.29, 1.82) is 0 Å². The topological polar surface area (TPSA) is 15.3 Å². The van der Waals surface area contributed by atoms with Crippen molar-refractivity contribution in [3.8, 4) is 0 Å². The predicted molar refractivity (Wildman–Crippen MR) is 94.8 cm³/mol. The molecule has 2 aromatic carbocycles. The fourth-order valence-corrected chi connectivity index (χ4v) is 3.01. The zero-order chi connectivity index (χ0) is 15.2. The summed E-state index contributed by atoms with van der Waals surface area (Å²) >= 11 is 3.52. The van der Waals surface area contributed by atoms with E-state index in [4.69, 9.17) is 0 Å². The molecule has 0 aliphatic rings. The number of halogens is 1. The summed E-state index contributed by atoms with van der Waals surface area (Å²) in [5.41, 5.74) is 3.89. The third-order valence-electron chi connectivity index (χ3n) is 3.80. The highest BCUT2D eigenvalue weighted by Crippen LogP contribution is 2.22. The Labute approximate surface area is 136 Å². The largest absolute Gasteiger partial charge is 0.370 e. The van der Waals surface area contributed by atoms with Crippen molar-refractivity contribution in [2.24, 2.45) is 0 Å². The minimum absolute atomic E-state index is 0.439. The SMILES string of the molecule is CCC(NC)c1ccc(N(C)Cc2cccc(Br)c2)cc1. The molecule has 0 fully saturated rings. The summed E-state index contributed by atoms with van der Waals surface area (Å²) < 4.78 is 1.13. The van der Waals surface area contributed by atoms with Crippen LogP contribution in [-0.4, -0.2) is 14.1 Å². The van der Waals surface area contributed by atoms with Gasteiger partial charge in [0.2, 0.25) is 0 Å². The van der Waals surface area contributed by atoms with Gasteiger partial charge in [0.15, 0.2) is 0 Å². The zero-order valence-electron chi connectivity index (χ0n) is 12.9. The molecule has 112 valence electrons. The van der Waals surface area contributed by atoms with Crippen molar-refractivity contribution in [2.45, 2.75) is 25.9 Å². The number of rotatable bonds is 6. The Kier molecular flexibility index (Phi) is 5.83. The lowest BCUT2D eigenvalue weighted by atomic mass is 10.0. The molecule has 21 heavy (non-hydrogen) atoms. The van der Waals surface area contributed by atoms with E-state index in [9.17, 15) is 0 Å². The predicted octanol–water partition coefficient (Wildman–Crippen LogP) is 4.76. The Morgan fingerprint density at radius 2 is 1.86 bits per heavy atom. The van der Waals surface area contributed by atoms with Crippen molar-refractivity contribution in [3.05, 3.63) is 64.1 Å². The Morgan fingerprint density at radius 1 is 1.14 bits per heavy atom. The van der Waals surface area contributed by atoms with Gasteiger partial charge in [0, 0.05) is 29.8 Å². The zero-order valence-corrected chi connectivity index (χ0v) is 14.5. The van der Waals surface area contributed by atoms with Crippen LogP contribution in [0.1, 0.15) is 30.5 Å². The maximum absolute atomic E-state index is 3.52. The van der Waals surface area contributed by atoms with Crippen LogP contribution < -0.4 is 10.2 Å². The lowest BCUT2D eigenvalue weighted by molar-refractivity contribution is 0.577. The second-order valence-corrected chi connectivity index (χ2v) is 6.24. The first-order valence-electron chi connectivity index (χ1n) is 7.37. The highest BCUT2D eigenvalue weighted by molar-refractivity contribution is 9.10. The van der Waals surface area contributed by atoms with Gasteiger partial charge in [-0.15, -0.1) is 0 Å². The third-order valence-corrected chi connectivity index (χ3v) is 4.29. The number of benzene rings is 2. The number of hydrogen-bond donors (Lipinski definition) is 1. The molecule has 1 unspecified atom stereocenters. The minimum atomic E-state index is 0.439. The molecule has 1 atom stereocenters. The van der Waals surface area contributed by atoms with Gasteiger partial charge in [-0.1, -0.05) is 47.1 Å². The summed E-state index contributed by atoms with van der Waals surface area (Å²) in [4.78, 5) is 2.27. The van der Waals surface area contributed by atoms with Crippen LogP contribution in [0.4, 0.5) is 5.69 Å². The van der Waals surface area contributed by atoms with Crippen LogP contribution in [0.3, 0.4) is 0 Å². The second kappa shape index (κ2) is 7.62. The van der Waals surface area contributed by atoms with Crippen molar-refractivity contribution in [3.63, 3.8) is 0 Å². The van der Waals surface area contributed by atoms with Gasteiger partial charge in [-0.05, 0) is 48.9 Å². The van der Waals surface area contributed by atoms with E-state index in [0.717, 1.165) is 17.4 Å². The molecule has 0 aliphatic heterocycles. The average Bonchev–Trinajstić information content (AvgIpc) is 2.49. The van der Waals surface area contributed by atoms with E-state index in [2.05, 4.69) is 88.6 Å². The number of anilines is 1. The van der Waals surface area contributed by atoms with Gasteiger partial charge >= 0.3 is 0 Å². The first-order valence-corrected chi connectivity index (χ1v) is 8.16. The molecule has 2 nitrogen and oxygen atoms in total. The second-order valence-electron chi connectivity index (χ2n) is 5.33. The van der Waals surface area contributed by atoms with E-state index >= 15 is 0 Å². The maximum Gasteiger partial charge on any atom is 0.0426 e. The summed E-state index contributed by atoms with van der Waals surface area (Å²) in [5.74, 6) is 0. The minimum Gasteiger partial charge on any atom is -0.370 e. The van der Waals surface area contributed by atoms with E-state index in [1.165, 1.54) is 16.8 Å². The lowest BCUT2D eigenvalue weighted by Crippen LogP contribution is -2.17. The molecule has 0 amide bonds. The van der Waals surface area contributed by atoms with E-state index in [0.29, 0.717) is 6.04 Å². The Balaban J connectivity index is 2.07. The van der Waals surface area contributed by atoms with Crippen molar-refractivity contribution < 1.29 is 0 Å². The molecule has 1 N–H and O–H groups in total. The first kappa shape index (κ1) is 16.1. The summed E-state index contributed by atoms with van der Waals surface area (Å²) in [5, 5.41) is 3.34. The standard InChI is InChI=1S/C18H23BrN2/c1-4-18(20-2)15-8-10-17(11-9-15)21(3)13-14-6-5-7-16(19)12-14/h5-12,18,20H,4,13H2,1-3H3. The summed E-state index contributed by atoms with van der Waals surface area (Å²) in [7, 11) is 4.15. The van der Waals surface area contributed by atoms with E-state index in [-0.39, 0.29) is 0 Å². The molecule has 0 aliphatic carbocycles. The Morgan fingerprint density at radius 3 is 2.43 bits per heavy atom. The van der Waals surface area contributed by atoms with Crippen LogP contribution in [0, 0.1) is 0 Å². The van der Waals surface area contributed by atoms with Gasteiger partial charge in [-0.3, -0.25) is 0 Å². The molecule has 0 heterocycles. The molecule has 0 radical (unpaired) electrons. The average molecular weight is 347 g/mol.